The zero-order valence-electron chi connectivity index (χ0n) is 9.88. The van der Waals surface area contributed by atoms with Gasteiger partial charge in [0.2, 0.25) is 5.89 Å². The molecule has 0 saturated heterocycles. The van der Waals surface area contributed by atoms with E-state index in [-0.39, 0.29) is 10.9 Å². The highest BCUT2D eigenvalue weighted by molar-refractivity contribution is 6.30. The number of halogens is 2. The van der Waals surface area contributed by atoms with Gasteiger partial charge in [0.15, 0.2) is 5.82 Å². The van der Waals surface area contributed by atoms with Gasteiger partial charge < -0.3 is 9.15 Å². The van der Waals surface area contributed by atoms with Gasteiger partial charge in [-0.1, -0.05) is 11.6 Å². The molecule has 0 N–H and O–H groups in total. The van der Waals surface area contributed by atoms with Gasteiger partial charge in [-0.2, -0.15) is 0 Å². The Bertz CT molecular complexity index is 717. The van der Waals surface area contributed by atoms with E-state index in [1.807, 2.05) is 0 Å². The van der Waals surface area contributed by atoms with Gasteiger partial charge in [0.25, 0.3) is 5.88 Å². The molecule has 0 spiro atoms. The summed E-state index contributed by atoms with van der Waals surface area (Å²) in [5.41, 5.74) is 0.704. The summed E-state index contributed by atoms with van der Waals surface area (Å²) in [6.07, 6.45) is 3.56. The first-order valence-electron chi connectivity index (χ1n) is 5.51. The first-order chi connectivity index (χ1) is 9.72. The first-order valence-corrected chi connectivity index (χ1v) is 5.89. The van der Waals surface area contributed by atoms with Crippen LogP contribution in [0.15, 0.2) is 40.9 Å². The van der Waals surface area contributed by atoms with E-state index in [0.717, 1.165) is 6.07 Å². The van der Waals surface area contributed by atoms with Crippen molar-refractivity contribution >= 4 is 11.6 Å². The standard InChI is InChI=1S/C13H6ClFN3O2/c14-9-5-11(15)13(16-6-9)20-10-3-1-8(2-4-10)12-18-17-7-19-12/h1-6H. The highest BCUT2D eigenvalue weighted by Gasteiger charge is 2.08. The summed E-state index contributed by atoms with van der Waals surface area (Å²) in [6, 6.07) is 7.80. The zero-order valence-corrected chi connectivity index (χ0v) is 10.6. The smallest absolute Gasteiger partial charge is 0.306 e. The highest BCUT2D eigenvalue weighted by Crippen LogP contribution is 2.26. The van der Waals surface area contributed by atoms with Gasteiger partial charge >= 0.3 is 6.39 Å². The summed E-state index contributed by atoms with van der Waals surface area (Å²) in [5, 5.41) is 7.39. The van der Waals surface area contributed by atoms with Crippen molar-refractivity contribution in [2.24, 2.45) is 0 Å². The van der Waals surface area contributed by atoms with E-state index in [4.69, 9.17) is 20.8 Å². The molecule has 5 nitrogen and oxygen atoms in total. The molecule has 1 radical (unpaired) electrons. The van der Waals surface area contributed by atoms with E-state index in [9.17, 15) is 4.39 Å². The summed E-state index contributed by atoms with van der Waals surface area (Å²) in [5.74, 6) is -0.0142. The summed E-state index contributed by atoms with van der Waals surface area (Å²) < 4.78 is 23.8. The van der Waals surface area contributed by atoms with E-state index < -0.39 is 5.82 Å². The molecule has 3 rings (SSSR count). The Hall–Kier alpha value is -2.47. The zero-order chi connectivity index (χ0) is 13.9. The second-order valence-electron chi connectivity index (χ2n) is 3.77. The van der Waals surface area contributed by atoms with E-state index in [0.29, 0.717) is 17.2 Å². The molecular formula is C13H6ClFN3O2. The second-order valence-corrected chi connectivity index (χ2v) is 4.20. The van der Waals surface area contributed by atoms with E-state index in [2.05, 4.69) is 21.6 Å². The van der Waals surface area contributed by atoms with Crippen LogP contribution in [-0.2, 0) is 0 Å². The van der Waals surface area contributed by atoms with Crippen molar-refractivity contribution < 1.29 is 13.5 Å². The molecule has 0 unspecified atom stereocenters. The molecule has 0 aliphatic rings. The maximum atomic E-state index is 13.5. The minimum atomic E-state index is -0.631. The Morgan fingerprint density at radius 2 is 2.05 bits per heavy atom. The minimum absolute atomic E-state index is 0.145. The van der Waals surface area contributed by atoms with Gasteiger partial charge in [0, 0.05) is 11.8 Å². The van der Waals surface area contributed by atoms with Crippen LogP contribution in [0.4, 0.5) is 4.39 Å². The van der Waals surface area contributed by atoms with Gasteiger partial charge in [0.05, 0.1) is 5.02 Å². The van der Waals surface area contributed by atoms with Crippen molar-refractivity contribution in [3.05, 3.63) is 53.8 Å². The first kappa shape index (κ1) is 12.6. The molecule has 20 heavy (non-hydrogen) atoms. The second kappa shape index (κ2) is 5.26. The Morgan fingerprint density at radius 3 is 2.70 bits per heavy atom. The number of aromatic nitrogens is 3. The average Bonchev–Trinajstić information content (AvgIpc) is 2.97. The Labute approximate surface area is 118 Å². The van der Waals surface area contributed by atoms with Crippen LogP contribution in [0.5, 0.6) is 11.6 Å². The summed E-state index contributed by atoms with van der Waals surface area (Å²) in [4.78, 5) is 3.77. The number of nitrogens with zero attached hydrogens (tertiary/aromatic N) is 3. The van der Waals surface area contributed by atoms with Crippen LogP contribution in [0.2, 0.25) is 5.02 Å². The van der Waals surface area contributed by atoms with Crippen molar-refractivity contribution in [2.45, 2.75) is 0 Å². The number of hydrogen-bond acceptors (Lipinski definition) is 5. The van der Waals surface area contributed by atoms with Crippen molar-refractivity contribution in [3.63, 3.8) is 0 Å². The molecule has 3 aromatic rings. The SMILES string of the molecule is Fc1cc(Cl)cnc1Oc1ccc(-c2nn[c]o2)cc1. The monoisotopic (exact) mass is 290 g/mol. The maximum Gasteiger partial charge on any atom is 0.306 e. The molecule has 2 heterocycles. The lowest BCUT2D eigenvalue weighted by Gasteiger charge is -2.05. The number of benzene rings is 1. The normalized spacial score (nSPS) is 10.5. The van der Waals surface area contributed by atoms with E-state index in [1.54, 1.807) is 24.3 Å². The fraction of sp³-hybridized carbons (Fsp3) is 0. The molecule has 0 bridgehead atoms. The van der Waals surface area contributed by atoms with Gasteiger partial charge in [-0.25, -0.2) is 9.37 Å². The third kappa shape index (κ3) is 2.60. The van der Waals surface area contributed by atoms with Gasteiger partial charge in [-0.05, 0) is 30.3 Å². The molecule has 2 aromatic heterocycles. The maximum absolute atomic E-state index is 13.5. The Morgan fingerprint density at radius 1 is 1.25 bits per heavy atom. The summed E-state index contributed by atoms with van der Waals surface area (Å²) >= 11 is 5.61. The summed E-state index contributed by atoms with van der Waals surface area (Å²) in [7, 11) is 0. The molecular weight excluding hydrogens is 285 g/mol. The largest absolute Gasteiger partial charge is 0.436 e. The van der Waals surface area contributed by atoms with Crippen LogP contribution in [0.3, 0.4) is 0 Å². The van der Waals surface area contributed by atoms with Crippen LogP contribution >= 0.6 is 11.6 Å². The number of rotatable bonds is 3. The quantitative estimate of drug-likeness (QED) is 0.738. The lowest BCUT2D eigenvalue weighted by Crippen LogP contribution is -1.91. The molecule has 99 valence electrons. The van der Waals surface area contributed by atoms with Crippen LogP contribution in [-0.4, -0.2) is 15.2 Å². The fourth-order valence-electron chi connectivity index (χ4n) is 1.52. The van der Waals surface area contributed by atoms with Crippen LogP contribution in [0, 0.1) is 12.2 Å². The van der Waals surface area contributed by atoms with Crippen LogP contribution in [0.25, 0.3) is 11.5 Å². The van der Waals surface area contributed by atoms with E-state index >= 15 is 0 Å². The highest BCUT2D eigenvalue weighted by atomic mass is 35.5. The van der Waals surface area contributed by atoms with Crippen molar-refractivity contribution in [1.29, 1.82) is 0 Å². The lowest BCUT2D eigenvalue weighted by atomic mass is 10.2. The van der Waals surface area contributed by atoms with E-state index in [1.165, 1.54) is 6.20 Å². The molecule has 0 amide bonds. The number of ether oxygens (including phenoxy) is 1. The molecule has 0 atom stereocenters. The molecule has 7 heteroatoms. The van der Waals surface area contributed by atoms with Crippen molar-refractivity contribution in [3.8, 4) is 23.1 Å². The van der Waals surface area contributed by atoms with Crippen molar-refractivity contribution in [1.82, 2.24) is 15.2 Å². The third-order valence-electron chi connectivity index (χ3n) is 2.41. The minimum Gasteiger partial charge on any atom is -0.436 e. The van der Waals surface area contributed by atoms with Gasteiger partial charge in [-0.3, -0.25) is 0 Å². The number of hydrogen-bond donors (Lipinski definition) is 0. The molecule has 0 fully saturated rings. The Kier molecular flexibility index (Phi) is 3.30. The topological polar surface area (TPSA) is 61.0 Å². The Balaban J connectivity index is 1.81. The van der Waals surface area contributed by atoms with Crippen molar-refractivity contribution in [2.75, 3.05) is 0 Å². The third-order valence-corrected chi connectivity index (χ3v) is 2.62. The molecule has 1 aromatic carbocycles. The number of pyridine rings is 1. The van der Waals surface area contributed by atoms with Gasteiger partial charge in [-0.15, -0.1) is 10.2 Å². The molecule has 0 saturated carbocycles. The lowest BCUT2D eigenvalue weighted by molar-refractivity contribution is 0.423. The van der Waals surface area contributed by atoms with Crippen LogP contribution in [0.1, 0.15) is 0 Å². The predicted octanol–water partition coefficient (Wildman–Crippen LogP) is 3.52. The molecule has 0 aliphatic heterocycles. The average molecular weight is 291 g/mol. The fourth-order valence-corrected chi connectivity index (χ4v) is 1.67. The predicted molar refractivity (Wildman–Crippen MR) is 67.8 cm³/mol. The summed E-state index contributed by atoms with van der Waals surface area (Å²) in [6.45, 7) is 0. The van der Waals surface area contributed by atoms with Crippen LogP contribution < -0.4 is 4.74 Å². The van der Waals surface area contributed by atoms with Gasteiger partial charge in [0.1, 0.15) is 5.75 Å². The molecule has 0 aliphatic carbocycles.